The lowest BCUT2D eigenvalue weighted by molar-refractivity contribution is 0.0517. The van der Waals surface area contributed by atoms with Gasteiger partial charge in [-0.15, -0.1) is 0 Å². The summed E-state index contributed by atoms with van der Waals surface area (Å²) in [4.78, 5) is 25.0. The molecule has 1 aromatic rings. The Kier molecular flexibility index (Phi) is 4.33. The number of nitrogens with one attached hydrogen (secondary N) is 1. The molecule has 5 nitrogen and oxygen atoms in total. The van der Waals surface area contributed by atoms with Crippen LogP contribution in [-0.2, 0) is 11.3 Å². The van der Waals surface area contributed by atoms with E-state index in [-0.39, 0.29) is 24.4 Å². The van der Waals surface area contributed by atoms with Crippen molar-refractivity contribution in [1.82, 2.24) is 4.98 Å². The highest BCUT2D eigenvalue weighted by Crippen LogP contribution is 2.18. The molecule has 0 aromatic carbocycles. The average Bonchev–Trinajstić information content (AvgIpc) is 2.28. The number of H-pyrrole nitrogens is 1. The van der Waals surface area contributed by atoms with Crippen LogP contribution in [0.25, 0.3) is 0 Å². The molecule has 0 aliphatic heterocycles. The van der Waals surface area contributed by atoms with E-state index >= 15 is 0 Å². The van der Waals surface area contributed by atoms with Crippen LogP contribution in [0.2, 0.25) is 0 Å². The van der Waals surface area contributed by atoms with E-state index in [1.54, 1.807) is 6.92 Å². The zero-order valence-corrected chi connectivity index (χ0v) is 9.13. The summed E-state index contributed by atoms with van der Waals surface area (Å²) in [6.07, 6.45) is -2.91. The summed E-state index contributed by atoms with van der Waals surface area (Å²) in [6, 6.07) is 0.909. The molecule has 94 valence electrons. The van der Waals surface area contributed by atoms with Crippen LogP contribution in [0.1, 0.15) is 35.1 Å². The van der Waals surface area contributed by atoms with Crippen molar-refractivity contribution in [3.63, 3.8) is 0 Å². The number of ether oxygens (including phenoxy) is 1. The van der Waals surface area contributed by atoms with Gasteiger partial charge in [-0.25, -0.2) is 13.6 Å². The number of alkyl halides is 2. The van der Waals surface area contributed by atoms with E-state index < -0.39 is 23.5 Å². The maximum atomic E-state index is 12.6. The standard InChI is InChI=1S/C10H12F2N2O3/c1-2-17-10(16)6-3-7(15)5(4-13)8(14-6)9(11)12/h3,9H,2,4,13H2,1H3,(H,14,15). The van der Waals surface area contributed by atoms with Crippen LogP contribution >= 0.6 is 0 Å². The van der Waals surface area contributed by atoms with Gasteiger partial charge in [-0.1, -0.05) is 0 Å². The van der Waals surface area contributed by atoms with E-state index in [1.807, 2.05) is 0 Å². The fourth-order valence-electron chi connectivity index (χ4n) is 1.32. The van der Waals surface area contributed by atoms with Gasteiger partial charge in [0.2, 0.25) is 0 Å². The average molecular weight is 246 g/mol. The quantitative estimate of drug-likeness (QED) is 0.774. The molecule has 0 aliphatic rings. The summed E-state index contributed by atoms with van der Waals surface area (Å²) in [5.74, 6) is -0.852. The van der Waals surface area contributed by atoms with Gasteiger partial charge in [0, 0.05) is 18.2 Å². The Balaban J connectivity index is 3.29. The number of pyridine rings is 1. The maximum absolute atomic E-state index is 12.6. The third-order valence-corrected chi connectivity index (χ3v) is 2.09. The summed E-state index contributed by atoms with van der Waals surface area (Å²) < 4.78 is 29.9. The molecule has 7 heteroatoms. The van der Waals surface area contributed by atoms with Crippen molar-refractivity contribution in [3.05, 3.63) is 33.2 Å². The first-order valence-electron chi connectivity index (χ1n) is 4.92. The lowest BCUT2D eigenvalue weighted by Crippen LogP contribution is -2.21. The Morgan fingerprint density at radius 1 is 1.59 bits per heavy atom. The third kappa shape index (κ3) is 2.88. The second-order valence-corrected chi connectivity index (χ2v) is 3.16. The van der Waals surface area contributed by atoms with Gasteiger partial charge >= 0.3 is 5.97 Å². The summed E-state index contributed by atoms with van der Waals surface area (Å²) in [5, 5.41) is 0. The summed E-state index contributed by atoms with van der Waals surface area (Å²) in [6.45, 7) is 1.33. The highest BCUT2D eigenvalue weighted by molar-refractivity contribution is 5.87. The van der Waals surface area contributed by atoms with Crippen molar-refractivity contribution >= 4 is 5.97 Å². The highest BCUT2D eigenvalue weighted by Gasteiger charge is 2.19. The van der Waals surface area contributed by atoms with Crippen molar-refractivity contribution in [3.8, 4) is 0 Å². The van der Waals surface area contributed by atoms with E-state index in [1.165, 1.54) is 0 Å². The molecule has 1 rings (SSSR count). The molecule has 1 heterocycles. The van der Waals surface area contributed by atoms with E-state index in [9.17, 15) is 18.4 Å². The molecule has 1 aromatic heterocycles. The molecular formula is C10H12F2N2O3. The molecule has 0 atom stereocenters. The fraction of sp³-hybridized carbons (Fsp3) is 0.400. The van der Waals surface area contributed by atoms with Crippen LogP contribution < -0.4 is 11.2 Å². The smallest absolute Gasteiger partial charge is 0.354 e. The molecule has 0 bridgehead atoms. The van der Waals surface area contributed by atoms with Crippen molar-refractivity contribution < 1.29 is 18.3 Å². The zero-order chi connectivity index (χ0) is 13.0. The first kappa shape index (κ1) is 13.3. The first-order valence-corrected chi connectivity index (χ1v) is 4.92. The normalized spacial score (nSPS) is 10.6. The Morgan fingerprint density at radius 3 is 2.71 bits per heavy atom. The van der Waals surface area contributed by atoms with Gasteiger partial charge in [0.25, 0.3) is 6.43 Å². The largest absolute Gasteiger partial charge is 0.461 e. The number of esters is 1. The van der Waals surface area contributed by atoms with Crippen molar-refractivity contribution in [2.24, 2.45) is 5.73 Å². The van der Waals surface area contributed by atoms with Gasteiger partial charge in [-0.3, -0.25) is 4.79 Å². The molecule has 0 spiro atoms. The monoisotopic (exact) mass is 246 g/mol. The Morgan fingerprint density at radius 2 is 2.24 bits per heavy atom. The summed E-state index contributed by atoms with van der Waals surface area (Å²) in [7, 11) is 0. The predicted molar refractivity (Wildman–Crippen MR) is 55.9 cm³/mol. The van der Waals surface area contributed by atoms with Gasteiger partial charge in [0.15, 0.2) is 5.43 Å². The van der Waals surface area contributed by atoms with Crippen LogP contribution in [0.5, 0.6) is 0 Å². The Labute approximate surface area is 95.6 Å². The molecular weight excluding hydrogens is 234 g/mol. The van der Waals surface area contributed by atoms with Crippen LogP contribution in [0, 0.1) is 0 Å². The minimum Gasteiger partial charge on any atom is -0.461 e. The predicted octanol–water partition coefficient (Wildman–Crippen LogP) is 0.948. The minimum absolute atomic E-state index is 0.0868. The first-order chi connectivity index (χ1) is 8.01. The molecule has 0 saturated carbocycles. The number of aromatic nitrogens is 1. The van der Waals surface area contributed by atoms with Crippen LogP contribution in [0.3, 0.4) is 0 Å². The van der Waals surface area contributed by atoms with Gasteiger partial charge < -0.3 is 15.5 Å². The maximum Gasteiger partial charge on any atom is 0.354 e. The molecule has 0 amide bonds. The number of carbonyl (C=O) groups is 1. The summed E-state index contributed by atoms with van der Waals surface area (Å²) >= 11 is 0. The molecule has 0 aliphatic carbocycles. The topological polar surface area (TPSA) is 85.2 Å². The number of aromatic amines is 1. The number of halogens is 2. The zero-order valence-electron chi connectivity index (χ0n) is 9.13. The summed E-state index contributed by atoms with van der Waals surface area (Å²) in [5.41, 5.74) is 3.33. The second kappa shape index (κ2) is 5.53. The number of carbonyl (C=O) groups excluding carboxylic acids is 1. The molecule has 0 fully saturated rings. The van der Waals surface area contributed by atoms with E-state index in [0.29, 0.717) is 0 Å². The molecule has 3 N–H and O–H groups in total. The lowest BCUT2D eigenvalue weighted by Gasteiger charge is -2.09. The Hall–Kier alpha value is -1.76. The van der Waals surface area contributed by atoms with Gasteiger partial charge in [-0.2, -0.15) is 0 Å². The fourth-order valence-corrected chi connectivity index (χ4v) is 1.32. The van der Waals surface area contributed by atoms with E-state index in [4.69, 9.17) is 5.73 Å². The van der Waals surface area contributed by atoms with Crippen LogP contribution in [0.4, 0.5) is 8.78 Å². The Bertz CT molecular complexity index is 471. The number of hydrogen-bond acceptors (Lipinski definition) is 4. The van der Waals surface area contributed by atoms with Crippen LogP contribution in [-0.4, -0.2) is 17.6 Å². The van der Waals surface area contributed by atoms with Crippen LogP contribution in [0.15, 0.2) is 10.9 Å². The van der Waals surface area contributed by atoms with Gasteiger partial charge in [0.05, 0.1) is 12.3 Å². The molecule has 0 radical (unpaired) electrons. The lowest BCUT2D eigenvalue weighted by atomic mass is 10.1. The highest BCUT2D eigenvalue weighted by atomic mass is 19.3. The number of nitrogens with two attached hydrogens (primary N) is 1. The molecule has 0 saturated heterocycles. The number of rotatable bonds is 4. The number of hydrogen-bond donors (Lipinski definition) is 2. The van der Waals surface area contributed by atoms with Gasteiger partial charge in [0.1, 0.15) is 5.69 Å². The van der Waals surface area contributed by atoms with E-state index in [0.717, 1.165) is 6.07 Å². The van der Waals surface area contributed by atoms with Crippen molar-refractivity contribution in [2.75, 3.05) is 6.61 Å². The SMILES string of the molecule is CCOC(=O)c1cc(=O)c(CN)c(C(F)F)[nH]1. The third-order valence-electron chi connectivity index (χ3n) is 2.09. The molecule has 0 unspecified atom stereocenters. The van der Waals surface area contributed by atoms with Crippen molar-refractivity contribution in [1.29, 1.82) is 0 Å². The minimum atomic E-state index is -2.91. The second-order valence-electron chi connectivity index (χ2n) is 3.16. The van der Waals surface area contributed by atoms with Gasteiger partial charge in [-0.05, 0) is 6.92 Å². The van der Waals surface area contributed by atoms with Crippen molar-refractivity contribution in [2.45, 2.75) is 19.9 Å². The molecule has 17 heavy (non-hydrogen) atoms. The van der Waals surface area contributed by atoms with E-state index in [2.05, 4.69) is 9.72 Å².